The fourth-order valence-electron chi connectivity index (χ4n) is 14.5. The maximum atomic E-state index is 13.8. The Morgan fingerprint density at radius 3 is 1.16 bits per heavy atom. The summed E-state index contributed by atoms with van der Waals surface area (Å²) in [5, 5.41) is 28.8. The van der Waals surface area contributed by atoms with Gasteiger partial charge >= 0.3 is 36.8 Å². The Kier molecular flexibility index (Phi) is 39.3. The zero-order valence-corrected chi connectivity index (χ0v) is 73.7. The Balaban J connectivity index is 0.000000283. The Morgan fingerprint density at radius 1 is 0.457 bits per heavy atom. The quantitative estimate of drug-likeness (QED) is 0.0214. The van der Waals surface area contributed by atoms with E-state index in [1.54, 1.807) is 45.1 Å². The number of fused-ring (bicyclic) bond motifs is 3. The molecule has 2 aliphatic heterocycles. The molecule has 4 N–H and O–H groups in total. The van der Waals surface area contributed by atoms with Crippen molar-refractivity contribution in [1.29, 1.82) is 0 Å². The molecule has 6 atom stereocenters. The number of phenols is 1. The van der Waals surface area contributed by atoms with E-state index in [1.165, 1.54) is 32.6 Å². The van der Waals surface area contributed by atoms with Gasteiger partial charge in [0.2, 0.25) is 12.2 Å². The first-order chi connectivity index (χ1) is 54.4. The van der Waals surface area contributed by atoms with Crippen molar-refractivity contribution in [2.75, 3.05) is 33.3 Å². The van der Waals surface area contributed by atoms with Gasteiger partial charge in [0.05, 0.1) is 16.2 Å². The van der Waals surface area contributed by atoms with E-state index >= 15 is 0 Å². The van der Waals surface area contributed by atoms with Gasteiger partial charge in [0.25, 0.3) is 22.6 Å². The van der Waals surface area contributed by atoms with Gasteiger partial charge in [0.1, 0.15) is 28.2 Å². The van der Waals surface area contributed by atoms with Gasteiger partial charge in [-0.15, -0.1) is 0 Å². The largest absolute Gasteiger partial charge is 1.00 e. The van der Waals surface area contributed by atoms with Crippen LogP contribution in [0.3, 0.4) is 0 Å². The summed E-state index contributed by atoms with van der Waals surface area (Å²) < 4.78 is 45.0. The number of aromatic hydroxyl groups is 1. The SMILES string of the molecule is CC(C)c1ccc(C(Br)C(=O)O[C@H](C)C(C)N2CCCC2)cc1.CCCc1cc2c(=O)n(C)oc2c(CCC)c1O.CCCc1cc2c(=O)n(C)oc2c(CCC)c1OC(C(=O)O)c1ccc(C(C)C)cc1.CCCc1cc2c(=O)n(C)oc2c(CCC)c1OC(C(=O)O[C@H](C)C(=O)N1CCCC1)c1ccc(C(C)C)cc1.CO.[Li+].[OH-]. The summed E-state index contributed by atoms with van der Waals surface area (Å²) in [5.41, 5.74) is 11.4. The maximum Gasteiger partial charge on any atom is 1.00 e. The first kappa shape index (κ1) is 97.9. The van der Waals surface area contributed by atoms with E-state index in [4.69, 9.17) is 37.6 Å². The molecule has 2 saturated heterocycles. The molecule has 0 aliphatic carbocycles. The van der Waals surface area contributed by atoms with E-state index in [-0.39, 0.29) is 65.0 Å². The summed E-state index contributed by atoms with van der Waals surface area (Å²) >= 11 is 3.49. The van der Waals surface area contributed by atoms with Crippen LogP contribution in [-0.4, -0.2) is 120 Å². The molecule has 0 radical (unpaired) electrons. The number of ether oxygens (including phenoxy) is 4. The number of aryl methyl sites for hydroxylation is 9. The Labute approximate surface area is 703 Å². The number of alkyl halides is 1. The standard InChI is InChI=1S/C32H42N2O6.C25H31NO5.C19H28BrNO2.C14H19NO3.CH4O.Li.H2O/c1-7-11-24-19-26-29(40-33(6)31(26)36)25(12-8-2)27(24)39-28(23-15-13-22(14-16-23)20(3)4)32(37)38-21(5)30(35)34-17-9-10-18-34;1-6-8-18-14-20-23(31-26(5)24(20)27)19(9-7-2)21(18)30-22(25(28)29)17-12-10-16(11-13-17)15(3)4;1-13(2)16-7-9-17(10-8-16)18(20)19(22)23-15(4)14(3)21-11-5-6-12-21;1-4-6-9-8-11-13(18-15(3)14(11)17)10(7-5-2)12(9)16;1-2;;/h13-16,19-21,28H,7-12,17-18H2,1-6H3;10-15,22H,6-9H2,1-5H3,(H,28,29);7-10,13-15,18H,5-6,11-12H2,1-4H3;8,16H,4-7H2,1-3H3;2H,1H3;;1H2/q;;;;;+1;/p-1/t21-,28?;;14?,15-,18?;;;;/m1.1..../s1. The van der Waals surface area contributed by atoms with Crippen LogP contribution in [0.5, 0.6) is 17.2 Å². The third-order valence-corrected chi connectivity index (χ3v) is 22.0. The van der Waals surface area contributed by atoms with Crippen LogP contribution in [0.15, 0.2) is 119 Å². The number of benzene rings is 6. The first-order valence-corrected chi connectivity index (χ1v) is 41.9. The molecular formula is C91H125BrLiN5O18. The molecule has 0 saturated carbocycles. The fraction of sp³-hybridized carbons (Fsp3) is 0.527. The van der Waals surface area contributed by atoms with Crippen molar-refractivity contribution >= 4 is 72.7 Å². The molecule has 116 heavy (non-hydrogen) atoms. The fourth-order valence-corrected chi connectivity index (χ4v) is 15.0. The summed E-state index contributed by atoms with van der Waals surface area (Å²) in [5.74, 6) is 0.444. The van der Waals surface area contributed by atoms with Gasteiger partial charge in [-0.1, -0.05) is 210 Å². The van der Waals surface area contributed by atoms with Gasteiger partial charge in [0.15, 0.2) is 22.9 Å². The molecule has 0 spiro atoms. The Morgan fingerprint density at radius 2 is 0.784 bits per heavy atom. The number of aliphatic hydroxyl groups is 1. The third-order valence-electron chi connectivity index (χ3n) is 21.1. The minimum Gasteiger partial charge on any atom is -0.870 e. The number of carboxylic acids is 1. The summed E-state index contributed by atoms with van der Waals surface area (Å²) in [7, 11) is 5.76. The van der Waals surface area contributed by atoms with Crippen LogP contribution in [0.1, 0.15) is 270 Å². The molecule has 2 aliphatic rings. The van der Waals surface area contributed by atoms with E-state index < -0.39 is 35.1 Å². The normalized spacial score (nSPS) is 14.2. The average Bonchev–Trinajstić information content (AvgIpc) is 1.59. The van der Waals surface area contributed by atoms with E-state index in [0.717, 1.165) is 128 Å². The number of hydrogen-bond donors (Lipinski definition) is 3. The van der Waals surface area contributed by atoms with E-state index in [0.29, 0.717) is 124 Å². The van der Waals surface area contributed by atoms with Crippen molar-refractivity contribution in [2.45, 2.75) is 260 Å². The van der Waals surface area contributed by atoms with E-state index in [2.05, 4.69) is 95.3 Å². The zero-order valence-electron chi connectivity index (χ0n) is 72.1. The summed E-state index contributed by atoms with van der Waals surface area (Å²) in [6, 6.07) is 29.1. The predicted octanol–water partition coefficient (Wildman–Crippen LogP) is 15.0. The zero-order chi connectivity index (χ0) is 83.9. The van der Waals surface area contributed by atoms with Crippen molar-refractivity contribution in [3.8, 4) is 17.2 Å². The molecule has 9 aromatic rings. The molecule has 23 nitrogen and oxygen atoms in total. The third kappa shape index (κ3) is 24.3. The van der Waals surface area contributed by atoms with E-state index in [9.17, 15) is 43.8 Å². The van der Waals surface area contributed by atoms with Crippen LogP contribution >= 0.6 is 15.9 Å². The van der Waals surface area contributed by atoms with Gasteiger partial charge in [-0.25, -0.2) is 9.59 Å². The van der Waals surface area contributed by atoms with Crippen molar-refractivity contribution in [1.82, 2.24) is 24.0 Å². The number of carbonyl (C=O) groups excluding carboxylic acids is 3. The number of carbonyl (C=O) groups is 4. The van der Waals surface area contributed by atoms with Gasteiger partial charge in [-0.05, 0) is 173 Å². The molecule has 5 heterocycles. The molecule has 1 amide bonds. The first-order valence-electron chi connectivity index (χ1n) is 40.9. The van der Waals surface area contributed by atoms with E-state index in [1.807, 2.05) is 101 Å². The van der Waals surface area contributed by atoms with Crippen molar-refractivity contribution in [2.24, 2.45) is 21.1 Å². The number of hydrogen-bond acceptors (Lipinski definition) is 18. The Hall–Kier alpha value is -8.63. The van der Waals surface area contributed by atoms with Gasteiger partial charge in [0, 0.05) is 75.2 Å². The van der Waals surface area contributed by atoms with Crippen molar-refractivity contribution in [3.05, 3.63) is 189 Å². The monoisotopic (exact) mass is 1660 g/mol. The summed E-state index contributed by atoms with van der Waals surface area (Å²) in [6.07, 6.45) is 10.3. The smallest absolute Gasteiger partial charge is 0.870 e. The number of amides is 1. The van der Waals surface area contributed by atoms with Gasteiger partial charge in [-0.2, -0.15) is 14.2 Å². The molecule has 6 aromatic carbocycles. The maximum absolute atomic E-state index is 13.8. The van der Waals surface area contributed by atoms with Crippen LogP contribution in [0.4, 0.5) is 0 Å². The molecule has 11 rings (SSSR count). The number of likely N-dealkylation sites (tertiary alicyclic amines) is 2. The van der Waals surface area contributed by atoms with Crippen LogP contribution in [0.25, 0.3) is 32.9 Å². The van der Waals surface area contributed by atoms with Gasteiger partial charge in [-0.3, -0.25) is 28.9 Å². The molecule has 2 fully saturated rings. The minimum absolute atomic E-state index is 0. The molecule has 4 unspecified atom stereocenters. The number of halogens is 1. The predicted molar refractivity (Wildman–Crippen MR) is 455 cm³/mol. The molecular weight excluding hydrogens is 1540 g/mol. The average molecular weight is 1660 g/mol. The summed E-state index contributed by atoms with van der Waals surface area (Å²) in [4.78, 5) is 92.3. The van der Waals surface area contributed by atoms with Crippen LogP contribution in [-0.2, 0) is 88.3 Å². The Bertz CT molecular complexity index is 4830. The topological polar surface area (TPSA) is 308 Å². The molecule has 630 valence electrons. The second-order valence-electron chi connectivity index (χ2n) is 30.8. The van der Waals surface area contributed by atoms with Crippen LogP contribution in [0, 0.1) is 0 Å². The van der Waals surface area contributed by atoms with Crippen LogP contribution in [0.2, 0.25) is 0 Å². The number of aromatic nitrogens is 3. The molecule has 0 bridgehead atoms. The minimum atomic E-state index is -1.15. The molecule has 25 heteroatoms. The van der Waals surface area contributed by atoms with Crippen LogP contribution < -0.4 is 45.0 Å². The number of aliphatic carboxylic acids is 1. The van der Waals surface area contributed by atoms with Crippen molar-refractivity contribution < 1.29 is 91.4 Å². The number of aliphatic hydroxyl groups excluding tert-OH is 1. The number of phenolic OH excluding ortho intramolecular Hbond substituents is 1. The molecule has 3 aromatic heterocycles. The second kappa shape index (κ2) is 46.5. The number of esters is 2. The second-order valence-corrected chi connectivity index (χ2v) is 31.7. The van der Waals surface area contributed by atoms with Crippen molar-refractivity contribution in [3.63, 3.8) is 0 Å². The summed E-state index contributed by atoms with van der Waals surface area (Å²) in [6.45, 7) is 34.3. The van der Waals surface area contributed by atoms with Gasteiger partial charge < -0.3 is 58.2 Å². The number of carboxylic acid groups (broad SMARTS) is 1. The number of rotatable bonds is 30. The number of nitrogens with zero attached hydrogens (tertiary/aromatic N) is 5.